The fourth-order valence-electron chi connectivity index (χ4n) is 6.87. The van der Waals surface area contributed by atoms with Crippen LogP contribution in [0.15, 0.2) is 42.6 Å². The van der Waals surface area contributed by atoms with Crippen molar-refractivity contribution in [3.05, 3.63) is 58.9 Å². The quantitative estimate of drug-likeness (QED) is 0.186. The molecule has 256 valence electrons. The van der Waals surface area contributed by atoms with E-state index in [4.69, 9.17) is 11.6 Å². The molecule has 0 bridgehead atoms. The monoisotopic (exact) mass is 685 g/mol. The summed E-state index contributed by atoms with van der Waals surface area (Å²) in [5, 5.41) is 25.4. The first kappa shape index (κ1) is 32.8. The number of nitrogens with zero attached hydrogens (tertiary/aromatic N) is 6. The Hall–Kier alpha value is -4.75. The molecule has 2 fully saturated rings. The number of piperidine rings is 2. The molecule has 3 aliphatic rings. The number of benzene rings is 2. The van der Waals surface area contributed by atoms with Gasteiger partial charge in [-0.15, -0.1) is 0 Å². The number of hydrogen-bond acceptors (Lipinski definition) is 10. The second-order valence-corrected chi connectivity index (χ2v) is 14.2. The van der Waals surface area contributed by atoms with Crippen LogP contribution < -0.4 is 25.8 Å². The minimum absolute atomic E-state index is 0.0189. The number of aliphatic hydroxyl groups is 1. The van der Waals surface area contributed by atoms with E-state index in [-0.39, 0.29) is 23.8 Å². The summed E-state index contributed by atoms with van der Waals surface area (Å²) in [5.74, 6) is 0.0123. The highest BCUT2D eigenvalue weighted by molar-refractivity contribution is 6.33. The Bertz CT molecular complexity index is 1950. The lowest BCUT2D eigenvalue weighted by Crippen LogP contribution is -2.39. The predicted octanol–water partition coefficient (Wildman–Crippen LogP) is 4.41. The van der Waals surface area contributed by atoms with E-state index in [9.17, 15) is 19.5 Å². The zero-order valence-electron chi connectivity index (χ0n) is 27.8. The molecule has 1 atom stereocenters. The van der Waals surface area contributed by atoms with Gasteiger partial charge in [0.05, 0.1) is 35.3 Å². The average Bonchev–Trinajstić information content (AvgIpc) is 3.56. The van der Waals surface area contributed by atoms with E-state index >= 15 is 0 Å². The number of fused-ring (bicyclic) bond motifs is 2. The van der Waals surface area contributed by atoms with Crippen LogP contribution in [-0.2, 0) is 27.9 Å². The molecule has 2 aromatic carbocycles. The SMILES string of the molecule is Cn1nc(C2CCC(=O)NC2=O)c2ccc(N3CCC(Nc4ncc(Cl)c(Nc5ccc6c(c5)N(CCC(C)(C)O)C(=O)C6)n4)CC3)cc21. The summed E-state index contributed by atoms with van der Waals surface area (Å²) in [4.78, 5) is 50.0. The number of carbonyl (C=O) groups excluding carboxylic acids is 3. The molecule has 4 N–H and O–H groups in total. The Balaban J connectivity index is 0.988. The topological polar surface area (TPSA) is 158 Å². The second kappa shape index (κ2) is 12.9. The van der Waals surface area contributed by atoms with Crippen LogP contribution in [0.4, 0.5) is 28.8 Å². The van der Waals surface area contributed by atoms with E-state index < -0.39 is 11.5 Å². The highest BCUT2D eigenvalue weighted by Crippen LogP contribution is 2.35. The molecule has 4 aromatic rings. The molecule has 0 saturated carbocycles. The van der Waals surface area contributed by atoms with Crippen LogP contribution in [0.1, 0.15) is 63.1 Å². The van der Waals surface area contributed by atoms with Crippen LogP contribution >= 0.6 is 11.6 Å². The van der Waals surface area contributed by atoms with Crippen molar-refractivity contribution >= 4 is 69.1 Å². The summed E-state index contributed by atoms with van der Waals surface area (Å²) in [5.41, 5.74) is 4.40. The van der Waals surface area contributed by atoms with Gasteiger partial charge in [-0.2, -0.15) is 10.1 Å². The summed E-state index contributed by atoms with van der Waals surface area (Å²) < 4.78 is 1.81. The Labute approximate surface area is 289 Å². The fourth-order valence-corrected chi connectivity index (χ4v) is 7.01. The van der Waals surface area contributed by atoms with Crippen molar-refractivity contribution in [2.75, 3.05) is 40.1 Å². The number of halogens is 1. The molecule has 1 unspecified atom stereocenters. The zero-order valence-corrected chi connectivity index (χ0v) is 28.5. The van der Waals surface area contributed by atoms with Gasteiger partial charge in [-0.3, -0.25) is 24.4 Å². The van der Waals surface area contributed by atoms with Gasteiger partial charge in [0.2, 0.25) is 23.7 Å². The third kappa shape index (κ3) is 6.90. The summed E-state index contributed by atoms with van der Waals surface area (Å²) in [6, 6.07) is 12.2. The van der Waals surface area contributed by atoms with Crippen LogP contribution in [-0.4, -0.2) is 73.9 Å². The third-order valence-electron chi connectivity index (χ3n) is 9.60. The zero-order chi connectivity index (χ0) is 34.4. The highest BCUT2D eigenvalue weighted by atomic mass is 35.5. The molecule has 2 saturated heterocycles. The third-order valence-corrected chi connectivity index (χ3v) is 9.88. The van der Waals surface area contributed by atoms with Crippen LogP contribution in [0, 0.1) is 0 Å². The van der Waals surface area contributed by atoms with Gasteiger partial charge in [0.25, 0.3) is 0 Å². The summed E-state index contributed by atoms with van der Waals surface area (Å²) in [6.45, 7) is 5.58. The Morgan fingerprint density at radius 3 is 2.63 bits per heavy atom. The minimum Gasteiger partial charge on any atom is -0.390 e. The van der Waals surface area contributed by atoms with Gasteiger partial charge < -0.3 is 25.5 Å². The van der Waals surface area contributed by atoms with E-state index in [1.807, 2.05) is 36.0 Å². The molecule has 49 heavy (non-hydrogen) atoms. The number of imide groups is 1. The van der Waals surface area contributed by atoms with Crippen LogP contribution in [0.2, 0.25) is 5.02 Å². The summed E-state index contributed by atoms with van der Waals surface area (Å²) in [7, 11) is 1.88. The molecule has 0 radical (unpaired) electrons. The number of nitrogens with one attached hydrogen (secondary N) is 3. The lowest BCUT2D eigenvalue weighted by molar-refractivity contribution is -0.134. The van der Waals surface area contributed by atoms with Gasteiger partial charge in [0.1, 0.15) is 5.02 Å². The molecule has 3 amide bonds. The lowest BCUT2D eigenvalue weighted by atomic mass is 9.92. The van der Waals surface area contributed by atoms with Gasteiger partial charge in [0.15, 0.2) is 5.82 Å². The first-order chi connectivity index (χ1) is 23.4. The van der Waals surface area contributed by atoms with E-state index in [1.54, 1.807) is 24.9 Å². The molecular formula is C35H40ClN9O4. The van der Waals surface area contributed by atoms with Gasteiger partial charge in [-0.25, -0.2) is 4.98 Å². The number of aryl methyl sites for hydroxylation is 1. The fraction of sp³-hybridized carbons (Fsp3) is 0.429. The maximum absolute atomic E-state index is 12.7. The molecule has 3 aliphatic heterocycles. The lowest BCUT2D eigenvalue weighted by Gasteiger charge is -2.34. The van der Waals surface area contributed by atoms with Crippen molar-refractivity contribution in [2.45, 2.75) is 69.9 Å². The van der Waals surface area contributed by atoms with E-state index in [1.165, 1.54) is 0 Å². The molecule has 5 heterocycles. The molecule has 7 rings (SSSR count). The van der Waals surface area contributed by atoms with E-state index in [0.29, 0.717) is 54.7 Å². The molecule has 14 heteroatoms. The predicted molar refractivity (Wildman–Crippen MR) is 188 cm³/mol. The normalized spacial score (nSPS) is 18.6. The Kier molecular flexibility index (Phi) is 8.65. The van der Waals surface area contributed by atoms with E-state index in [2.05, 4.69) is 48.0 Å². The van der Waals surface area contributed by atoms with Crippen molar-refractivity contribution in [1.82, 2.24) is 25.1 Å². The van der Waals surface area contributed by atoms with Crippen LogP contribution in [0.3, 0.4) is 0 Å². The average molecular weight is 686 g/mol. The number of carbonyl (C=O) groups is 3. The maximum atomic E-state index is 12.7. The van der Waals surface area contributed by atoms with Crippen molar-refractivity contribution in [3.8, 4) is 0 Å². The standard InChI is InChI=1S/C35H40ClN9O4/c1-35(2,49)12-15-45-27-17-22(5-4-20(27)16-30(45)47)38-32-26(36)19-37-34(41-32)39-21-10-13-44(14-11-21)23-6-7-24-28(18-23)43(3)42-31(24)25-8-9-29(46)40-33(25)48/h4-7,17-19,21,25,49H,8-16H2,1-3H3,(H,40,46,48)(H2,37,38,39,41). The van der Waals surface area contributed by atoms with Crippen molar-refractivity contribution in [2.24, 2.45) is 7.05 Å². The van der Waals surface area contributed by atoms with Gasteiger partial charge in [-0.1, -0.05) is 17.7 Å². The molecule has 0 aliphatic carbocycles. The van der Waals surface area contributed by atoms with Crippen LogP contribution in [0.5, 0.6) is 0 Å². The number of hydrogen-bond donors (Lipinski definition) is 4. The largest absolute Gasteiger partial charge is 0.390 e. The summed E-state index contributed by atoms with van der Waals surface area (Å²) >= 11 is 6.50. The Morgan fingerprint density at radius 1 is 1.08 bits per heavy atom. The van der Waals surface area contributed by atoms with Crippen molar-refractivity contribution in [3.63, 3.8) is 0 Å². The molecule has 13 nitrogen and oxygen atoms in total. The van der Waals surface area contributed by atoms with Gasteiger partial charge >= 0.3 is 0 Å². The number of anilines is 5. The first-order valence-electron chi connectivity index (χ1n) is 16.7. The smallest absolute Gasteiger partial charge is 0.235 e. The second-order valence-electron chi connectivity index (χ2n) is 13.8. The highest BCUT2D eigenvalue weighted by Gasteiger charge is 2.32. The van der Waals surface area contributed by atoms with Gasteiger partial charge in [-0.05, 0) is 75.4 Å². The molecular weight excluding hydrogens is 646 g/mol. The minimum atomic E-state index is -0.868. The summed E-state index contributed by atoms with van der Waals surface area (Å²) in [6.07, 6.45) is 4.91. The molecule has 2 aromatic heterocycles. The maximum Gasteiger partial charge on any atom is 0.235 e. The van der Waals surface area contributed by atoms with Crippen molar-refractivity contribution in [1.29, 1.82) is 0 Å². The number of rotatable bonds is 9. The number of aromatic nitrogens is 4. The Morgan fingerprint density at radius 2 is 1.88 bits per heavy atom. The molecule has 0 spiro atoms. The first-order valence-corrected chi connectivity index (χ1v) is 17.1. The van der Waals surface area contributed by atoms with Gasteiger partial charge in [0, 0.05) is 61.6 Å². The van der Waals surface area contributed by atoms with Crippen LogP contribution in [0.25, 0.3) is 10.9 Å². The van der Waals surface area contributed by atoms with Crippen molar-refractivity contribution < 1.29 is 19.5 Å². The number of amides is 3. The van der Waals surface area contributed by atoms with E-state index in [0.717, 1.165) is 59.5 Å².